The van der Waals surface area contributed by atoms with E-state index in [1.54, 1.807) is 0 Å². The minimum absolute atomic E-state index is 0.870. The largest absolute Gasteiger partial charge is 0.456 e. The van der Waals surface area contributed by atoms with Crippen LogP contribution in [0.25, 0.3) is 93.8 Å². The van der Waals surface area contributed by atoms with E-state index in [0.29, 0.717) is 0 Å². The minimum atomic E-state index is 0.870. The summed E-state index contributed by atoms with van der Waals surface area (Å²) in [5.74, 6) is 0. The van der Waals surface area contributed by atoms with Gasteiger partial charge in [0.05, 0.1) is 0 Å². The van der Waals surface area contributed by atoms with Crippen molar-refractivity contribution >= 4 is 82.9 Å². The molecule has 0 amide bonds. The second-order valence-corrected chi connectivity index (χ2v) is 15.0. The Morgan fingerprint density at radius 2 is 1.05 bits per heavy atom. The lowest BCUT2D eigenvalue weighted by atomic mass is 9.98. The Balaban J connectivity index is 1.04. The molecule has 0 N–H and O–H groups in total. The fraction of sp³-hybridized carbons (Fsp3) is 0. The molecule has 0 saturated heterocycles. The standard InChI is InChI=1S/C56H37NO2/c1-2-3-14-45(34-37-20-32-55-51(35-37)50-31-25-40-12-5-7-16-48(40)56(50)59-55)57(44-29-23-41(24-30-44)47-18-10-13-39-11-4-6-15-46(39)47)43-27-21-38(22-28-43)42-26-33-54-52(36-42)49-17-8-9-19-53(49)58-54/h2-36H,1H2/b14-3-,45-34-. The molecule has 0 saturated carbocycles. The first kappa shape index (κ1) is 34.4. The van der Waals surface area contributed by atoms with Gasteiger partial charge in [-0.1, -0.05) is 146 Å². The summed E-state index contributed by atoms with van der Waals surface area (Å²) in [6.45, 7) is 4.04. The Kier molecular flexibility index (Phi) is 8.30. The third-order valence-corrected chi connectivity index (χ3v) is 11.4. The van der Waals surface area contributed by atoms with Crippen LogP contribution in [0.4, 0.5) is 11.4 Å². The van der Waals surface area contributed by atoms with Gasteiger partial charge in [0.1, 0.15) is 22.3 Å². The minimum Gasteiger partial charge on any atom is -0.456 e. The van der Waals surface area contributed by atoms with Gasteiger partial charge in [-0.25, -0.2) is 0 Å². The van der Waals surface area contributed by atoms with E-state index in [0.717, 1.165) is 83.0 Å². The molecular weight excluding hydrogens is 719 g/mol. The van der Waals surface area contributed by atoms with Gasteiger partial charge in [-0.2, -0.15) is 0 Å². The molecule has 0 aliphatic rings. The Bertz CT molecular complexity index is 3450. The number of para-hydroxylation sites is 1. The average molecular weight is 756 g/mol. The lowest BCUT2D eigenvalue weighted by Crippen LogP contribution is -2.15. The van der Waals surface area contributed by atoms with Gasteiger partial charge in [-0.3, -0.25) is 0 Å². The summed E-state index contributed by atoms with van der Waals surface area (Å²) in [7, 11) is 0. The maximum absolute atomic E-state index is 6.48. The van der Waals surface area contributed by atoms with Crippen LogP contribution in [0.1, 0.15) is 5.56 Å². The Hall–Kier alpha value is -7.88. The molecule has 278 valence electrons. The van der Waals surface area contributed by atoms with Crippen LogP contribution in [-0.2, 0) is 0 Å². The van der Waals surface area contributed by atoms with Gasteiger partial charge in [0.2, 0.25) is 0 Å². The van der Waals surface area contributed by atoms with Crippen molar-refractivity contribution in [3.05, 3.63) is 224 Å². The summed E-state index contributed by atoms with van der Waals surface area (Å²) < 4.78 is 12.6. The third-order valence-electron chi connectivity index (χ3n) is 11.4. The number of rotatable bonds is 8. The summed E-state index contributed by atoms with van der Waals surface area (Å²) in [5.41, 5.74) is 12.3. The van der Waals surface area contributed by atoms with Crippen LogP contribution in [0.15, 0.2) is 227 Å². The van der Waals surface area contributed by atoms with E-state index in [1.165, 1.54) is 27.3 Å². The second-order valence-electron chi connectivity index (χ2n) is 15.0. The lowest BCUT2D eigenvalue weighted by molar-refractivity contribution is 0.669. The molecule has 2 aromatic heterocycles. The van der Waals surface area contributed by atoms with Crippen LogP contribution in [0, 0.1) is 0 Å². The van der Waals surface area contributed by atoms with E-state index in [1.807, 2.05) is 24.3 Å². The van der Waals surface area contributed by atoms with Crippen molar-refractivity contribution in [1.82, 2.24) is 0 Å². The first-order valence-electron chi connectivity index (χ1n) is 19.9. The molecule has 0 aliphatic heterocycles. The SMILES string of the molecule is C=C/C=C\C(=C\c1ccc2oc3c4ccccc4ccc3c2c1)N(c1ccc(-c2ccc3oc4ccccc4c3c2)cc1)c1ccc(-c2cccc3ccccc23)cc1. The summed E-state index contributed by atoms with van der Waals surface area (Å²) in [6, 6.07) is 66.7. The molecule has 11 rings (SSSR count). The molecule has 3 heteroatoms. The smallest absolute Gasteiger partial charge is 0.143 e. The zero-order valence-electron chi connectivity index (χ0n) is 32.2. The fourth-order valence-electron chi connectivity index (χ4n) is 8.56. The quantitative estimate of drug-likeness (QED) is 0.145. The lowest BCUT2D eigenvalue weighted by Gasteiger charge is -2.27. The molecule has 3 nitrogen and oxygen atoms in total. The van der Waals surface area contributed by atoms with E-state index >= 15 is 0 Å². The van der Waals surface area contributed by atoms with Crippen LogP contribution < -0.4 is 4.90 Å². The molecule has 11 aromatic rings. The van der Waals surface area contributed by atoms with Crippen molar-refractivity contribution in [2.45, 2.75) is 0 Å². The van der Waals surface area contributed by atoms with Crippen molar-refractivity contribution < 1.29 is 8.83 Å². The molecule has 0 radical (unpaired) electrons. The predicted octanol–water partition coefficient (Wildman–Crippen LogP) is 16.0. The number of hydrogen-bond donors (Lipinski definition) is 0. The number of hydrogen-bond acceptors (Lipinski definition) is 3. The zero-order chi connectivity index (χ0) is 39.3. The van der Waals surface area contributed by atoms with Crippen LogP contribution in [0.2, 0.25) is 0 Å². The summed E-state index contributed by atoms with van der Waals surface area (Å²) in [6.07, 6.45) is 8.19. The Morgan fingerprint density at radius 3 is 1.85 bits per heavy atom. The summed E-state index contributed by atoms with van der Waals surface area (Å²) >= 11 is 0. The van der Waals surface area contributed by atoms with Crippen molar-refractivity contribution in [1.29, 1.82) is 0 Å². The number of nitrogens with zero attached hydrogens (tertiary/aromatic N) is 1. The first-order chi connectivity index (χ1) is 29.2. The molecular formula is C56H37NO2. The average Bonchev–Trinajstić information content (AvgIpc) is 3.86. The molecule has 0 spiro atoms. The number of allylic oxidation sites excluding steroid dienone is 3. The Labute approximate surface area is 341 Å². The number of furan rings is 2. The van der Waals surface area contributed by atoms with Crippen LogP contribution in [0.5, 0.6) is 0 Å². The highest BCUT2D eigenvalue weighted by atomic mass is 16.3. The van der Waals surface area contributed by atoms with Gasteiger partial charge in [0.25, 0.3) is 0 Å². The van der Waals surface area contributed by atoms with Crippen LogP contribution >= 0.6 is 0 Å². The van der Waals surface area contributed by atoms with Gasteiger partial charge >= 0.3 is 0 Å². The zero-order valence-corrected chi connectivity index (χ0v) is 32.2. The van der Waals surface area contributed by atoms with Crippen molar-refractivity contribution in [2.24, 2.45) is 0 Å². The molecule has 0 bridgehead atoms. The maximum Gasteiger partial charge on any atom is 0.143 e. The maximum atomic E-state index is 6.48. The van der Waals surface area contributed by atoms with Gasteiger partial charge in [0.15, 0.2) is 0 Å². The molecule has 0 aliphatic carbocycles. The first-order valence-corrected chi connectivity index (χ1v) is 19.9. The van der Waals surface area contributed by atoms with Gasteiger partial charge < -0.3 is 13.7 Å². The van der Waals surface area contributed by atoms with Crippen molar-refractivity contribution in [3.8, 4) is 22.3 Å². The fourth-order valence-corrected chi connectivity index (χ4v) is 8.56. The molecule has 59 heavy (non-hydrogen) atoms. The number of benzene rings is 9. The summed E-state index contributed by atoms with van der Waals surface area (Å²) in [4.78, 5) is 2.31. The van der Waals surface area contributed by atoms with Crippen LogP contribution in [-0.4, -0.2) is 0 Å². The number of fused-ring (bicyclic) bond motifs is 9. The highest BCUT2D eigenvalue weighted by Gasteiger charge is 2.17. The number of anilines is 2. The predicted molar refractivity (Wildman–Crippen MR) is 249 cm³/mol. The molecule has 2 heterocycles. The molecule has 0 unspecified atom stereocenters. The molecule has 0 atom stereocenters. The third kappa shape index (κ3) is 6.08. The highest BCUT2D eigenvalue weighted by Crippen LogP contribution is 2.39. The van der Waals surface area contributed by atoms with Gasteiger partial charge in [-0.05, 0) is 117 Å². The molecule has 9 aromatic carbocycles. The van der Waals surface area contributed by atoms with Gasteiger partial charge in [-0.15, -0.1) is 0 Å². The molecule has 0 fully saturated rings. The van der Waals surface area contributed by atoms with E-state index in [9.17, 15) is 0 Å². The monoisotopic (exact) mass is 755 g/mol. The van der Waals surface area contributed by atoms with Crippen molar-refractivity contribution in [3.63, 3.8) is 0 Å². The van der Waals surface area contributed by atoms with Crippen LogP contribution in [0.3, 0.4) is 0 Å². The van der Waals surface area contributed by atoms with E-state index < -0.39 is 0 Å². The van der Waals surface area contributed by atoms with E-state index in [2.05, 4.69) is 200 Å². The topological polar surface area (TPSA) is 29.5 Å². The van der Waals surface area contributed by atoms with Gasteiger partial charge in [0, 0.05) is 44.0 Å². The van der Waals surface area contributed by atoms with E-state index in [4.69, 9.17) is 8.83 Å². The Morgan fingerprint density at radius 1 is 0.441 bits per heavy atom. The summed E-state index contributed by atoms with van der Waals surface area (Å²) in [5, 5.41) is 9.18. The highest BCUT2D eigenvalue weighted by molar-refractivity contribution is 6.15. The second kappa shape index (κ2) is 14.3. The van der Waals surface area contributed by atoms with E-state index in [-0.39, 0.29) is 0 Å². The normalized spacial score (nSPS) is 12.2. The van der Waals surface area contributed by atoms with Crippen molar-refractivity contribution in [2.75, 3.05) is 4.90 Å².